The van der Waals surface area contributed by atoms with Crippen LogP contribution < -0.4 is 10.1 Å². The molecule has 0 spiro atoms. The van der Waals surface area contributed by atoms with E-state index in [2.05, 4.69) is 5.32 Å². The number of para-hydroxylation sites is 2. The van der Waals surface area contributed by atoms with Gasteiger partial charge in [0.2, 0.25) is 0 Å². The summed E-state index contributed by atoms with van der Waals surface area (Å²) in [5, 5.41) is 14.5. The van der Waals surface area contributed by atoms with Crippen LogP contribution in [0.2, 0.25) is 0 Å². The fourth-order valence-electron chi connectivity index (χ4n) is 2.81. The zero-order valence-corrected chi connectivity index (χ0v) is 14.4. The molecule has 0 saturated carbocycles. The van der Waals surface area contributed by atoms with Crippen LogP contribution in [-0.4, -0.2) is 11.0 Å². The summed E-state index contributed by atoms with van der Waals surface area (Å²) in [6, 6.07) is 23.6. The van der Waals surface area contributed by atoms with Gasteiger partial charge >= 0.3 is 0 Å². The van der Waals surface area contributed by atoms with E-state index >= 15 is 0 Å². The number of hydrogen-bond donors (Lipinski definition) is 2. The number of anilines is 1. The lowest BCUT2D eigenvalue weighted by molar-refractivity contribution is 0.0992. The van der Waals surface area contributed by atoms with Gasteiger partial charge in [-0.1, -0.05) is 48.5 Å². The molecular formula is C22H17NO4. The van der Waals surface area contributed by atoms with E-state index in [0.29, 0.717) is 11.4 Å². The van der Waals surface area contributed by atoms with Crippen LogP contribution in [0.3, 0.4) is 0 Å². The average Bonchev–Trinajstić information content (AvgIpc) is 3.17. The van der Waals surface area contributed by atoms with Gasteiger partial charge in [0.15, 0.2) is 5.76 Å². The summed E-state index contributed by atoms with van der Waals surface area (Å²) in [6.45, 7) is 0.206. The Morgan fingerprint density at radius 3 is 2.59 bits per heavy atom. The van der Waals surface area contributed by atoms with Crippen molar-refractivity contribution in [1.29, 1.82) is 0 Å². The van der Waals surface area contributed by atoms with Gasteiger partial charge in [-0.15, -0.1) is 0 Å². The zero-order chi connectivity index (χ0) is 18.6. The average molecular weight is 359 g/mol. The van der Waals surface area contributed by atoms with E-state index in [1.807, 2.05) is 42.5 Å². The Morgan fingerprint density at radius 1 is 0.926 bits per heavy atom. The number of phenolic OH excluding ortho intramolecular Hbond substituents is 1. The molecule has 0 aliphatic rings. The molecule has 0 bridgehead atoms. The number of benzene rings is 3. The van der Waals surface area contributed by atoms with Crippen LogP contribution in [0.1, 0.15) is 16.3 Å². The number of carbonyl (C=O) groups excluding carboxylic acids is 1. The maximum atomic E-state index is 12.3. The van der Waals surface area contributed by atoms with Gasteiger partial charge in [0.1, 0.15) is 23.9 Å². The lowest BCUT2D eigenvalue weighted by atomic mass is 10.1. The molecule has 1 heterocycles. The molecule has 27 heavy (non-hydrogen) atoms. The molecule has 4 rings (SSSR count). The van der Waals surface area contributed by atoms with Crippen molar-refractivity contribution < 1.29 is 19.1 Å². The molecule has 1 amide bonds. The summed E-state index contributed by atoms with van der Waals surface area (Å²) >= 11 is 0. The van der Waals surface area contributed by atoms with Crippen LogP contribution in [0, 0.1) is 0 Å². The Hall–Kier alpha value is -3.73. The number of nitrogens with one attached hydrogen (secondary N) is 1. The summed E-state index contributed by atoms with van der Waals surface area (Å²) in [5.41, 5.74) is 0.326. The Morgan fingerprint density at radius 2 is 1.70 bits per heavy atom. The van der Waals surface area contributed by atoms with Gasteiger partial charge in [0.05, 0.1) is 5.69 Å². The molecule has 5 nitrogen and oxygen atoms in total. The minimum Gasteiger partial charge on any atom is -0.506 e. The lowest BCUT2D eigenvalue weighted by Crippen LogP contribution is -2.10. The SMILES string of the molecule is O=C(Nc1ccccc1O)c1ccc(COc2cccc3ccccc23)o1. The Kier molecular flexibility index (Phi) is 4.49. The smallest absolute Gasteiger partial charge is 0.291 e. The number of amides is 1. The van der Waals surface area contributed by atoms with Gasteiger partial charge < -0.3 is 19.6 Å². The summed E-state index contributed by atoms with van der Waals surface area (Å²) < 4.78 is 11.4. The Labute approximate surface area is 155 Å². The first-order valence-electron chi connectivity index (χ1n) is 8.49. The highest BCUT2D eigenvalue weighted by atomic mass is 16.5. The first-order valence-corrected chi connectivity index (χ1v) is 8.49. The zero-order valence-electron chi connectivity index (χ0n) is 14.4. The fourth-order valence-corrected chi connectivity index (χ4v) is 2.81. The second-order valence-corrected chi connectivity index (χ2v) is 6.00. The molecule has 1 aromatic heterocycles. The molecule has 0 radical (unpaired) electrons. The largest absolute Gasteiger partial charge is 0.506 e. The van der Waals surface area contributed by atoms with Gasteiger partial charge in [0.25, 0.3) is 5.91 Å². The topological polar surface area (TPSA) is 71.7 Å². The van der Waals surface area contributed by atoms with Gasteiger partial charge in [0, 0.05) is 5.39 Å². The summed E-state index contributed by atoms with van der Waals surface area (Å²) in [5.74, 6) is 0.995. The third-order valence-corrected chi connectivity index (χ3v) is 4.16. The van der Waals surface area contributed by atoms with Gasteiger partial charge in [-0.25, -0.2) is 0 Å². The first kappa shape index (κ1) is 16.7. The number of carbonyl (C=O) groups is 1. The van der Waals surface area contributed by atoms with Gasteiger partial charge in [-0.05, 0) is 35.7 Å². The maximum absolute atomic E-state index is 12.3. The normalized spacial score (nSPS) is 10.7. The minimum atomic E-state index is -0.437. The molecule has 0 aliphatic carbocycles. The van der Waals surface area contributed by atoms with E-state index in [1.165, 1.54) is 6.07 Å². The van der Waals surface area contributed by atoms with E-state index in [-0.39, 0.29) is 18.1 Å². The van der Waals surface area contributed by atoms with E-state index in [9.17, 15) is 9.90 Å². The molecule has 5 heteroatoms. The van der Waals surface area contributed by atoms with Crippen molar-refractivity contribution in [3.63, 3.8) is 0 Å². The van der Waals surface area contributed by atoms with Crippen molar-refractivity contribution >= 4 is 22.4 Å². The van der Waals surface area contributed by atoms with Crippen molar-refractivity contribution in [2.45, 2.75) is 6.61 Å². The predicted octanol–water partition coefficient (Wildman–Crippen LogP) is 4.97. The standard InChI is InChI=1S/C22H17NO4/c24-19-10-4-3-9-18(19)23-22(25)21-13-12-16(27-21)14-26-20-11-5-7-15-6-1-2-8-17(15)20/h1-13,24H,14H2,(H,23,25). The summed E-state index contributed by atoms with van der Waals surface area (Å²) in [6.07, 6.45) is 0. The number of rotatable bonds is 5. The Balaban J connectivity index is 1.45. The third kappa shape index (κ3) is 3.62. The maximum Gasteiger partial charge on any atom is 0.291 e. The van der Waals surface area contributed by atoms with E-state index in [4.69, 9.17) is 9.15 Å². The van der Waals surface area contributed by atoms with Crippen molar-refractivity contribution in [2.75, 3.05) is 5.32 Å². The number of phenols is 1. The van der Waals surface area contributed by atoms with E-state index in [1.54, 1.807) is 30.3 Å². The molecule has 0 saturated heterocycles. The lowest BCUT2D eigenvalue weighted by Gasteiger charge is -2.08. The number of ether oxygens (including phenoxy) is 1. The highest BCUT2D eigenvalue weighted by Crippen LogP contribution is 2.26. The van der Waals surface area contributed by atoms with Crippen molar-refractivity contribution in [3.05, 3.63) is 90.4 Å². The second-order valence-electron chi connectivity index (χ2n) is 6.00. The number of fused-ring (bicyclic) bond motifs is 1. The summed E-state index contributed by atoms with van der Waals surface area (Å²) in [7, 11) is 0. The molecule has 2 N–H and O–H groups in total. The fraction of sp³-hybridized carbons (Fsp3) is 0.0455. The van der Waals surface area contributed by atoms with Crippen LogP contribution in [0.15, 0.2) is 83.3 Å². The molecule has 134 valence electrons. The van der Waals surface area contributed by atoms with Gasteiger partial charge in [-0.3, -0.25) is 4.79 Å². The third-order valence-electron chi connectivity index (χ3n) is 4.16. The van der Waals surface area contributed by atoms with Crippen LogP contribution in [0.5, 0.6) is 11.5 Å². The highest BCUT2D eigenvalue weighted by Gasteiger charge is 2.13. The second kappa shape index (κ2) is 7.25. The number of hydrogen-bond acceptors (Lipinski definition) is 4. The highest BCUT2D eigenvalue weighted by molar-refractivity contribution is 6.03. The van der Waals surface area contributed by atoms with Crippen LogP contribution >= 0.6 is 0 Å². The van der Waals surface area contributed by atoms with Crippen molar-refractivity contribution in [3.8, 4) is 11.5 Å². The van der Waals surface area contributed by atoms with Crippen molar-refractivity contribution in [1.82, 2.24) is 0 Å². The Bertz CT molecular complexity index is 1090. The molecule has 0 fully saturated rings. The first-order chi connectivity index (χ1) is 13.2. The molecular weight excluding hydrogens is 342 g/mol. The van der Waals surface area contributed by atoms with Gasteiger partial charge in [-0.2, -0.15) is 0 Å². The number of furan rings is 1. The van der Waals surface area contributed by atoms with Crippen LogP contribution in [-0.2, 0) is 6.61 Å². The molecule has 0 unspecified atom stereocenters. The summed E-state index contributed by atoms with van der Waals surface area (Å²) in [4.78, 5) is 12.3. The van der Waals surface area contributed by atoms with E-state index in [0.717, 1.165) is 16.5 Å². The minimum absolute atomic E-state index is 0.00285. The predicted molar refractivity (Wildman–Crippen MR) is 103 cm³/mol. The van der Waals surface area contributed by atoms with Crippen LogP contribution in [0.4, 0.5) is 5.69 Å². The molecule has 3 aromatic carbocycles. The quantitative estimate of drug-likeness (QED) is 0.494. The van der Waals surface area contributed by atoms with E-state index < -0.39 is 5.91 Å². The van der Waals surface area contributed by atoms with Crippen LogP contribution in [0.25, 0.3) is 10.8 Å². The molecule has 4 aromatic rings. The number of aromatic hydroxyl groups is 1. The molecule has 0 aliphatic heterocycles. The van der Waals surface area contributed by atoms with Crippen molar-refractivity contribution in [2.24, 2.45) is 0 Å². The molecule has 0 atom stereocenters. The monoisotopic (exact) mass is 359 g/mol.